The number of benzene rings is 1. The van der Waals surface area contributed by atoms with Crippen LogP contribution in [0.3, 0.4) is 0 Å². The second-order valence-corrected chi connectivity index (χ2v) is 6.65. The molecule has 1 aromatic heterocycles. The third-order valence-electron chi connectivity index (χ3n) is 4.03. The summed E-state index contributed by atoms with van der Waals surface area (Å²) in [7, 11) is 3.26. The van der Waals surface area contributed by atoms with Gasteiger partial charge in [0.2, 0.25) is 0 Å². The molecule has 2 aromatic rings. The van der Waals surface area contributed by atoms with Gasteiger partial charge in [-0.15, -0.1) is 0 Å². The molecule has 1 fully saturated rings. The summed E-state index contributed by atoms with van der Waals surface area (Å²) < 4.78 is 11.5. The summed E-state index contributed by atoms with van der Waals surface area (Å²) in [4.78, 5) is 18.9. The molecule has 1 heterocycles. The number of nitrogens with zero attached hydrogens (tertiary/aromatic N) is 2. The number of rotatable bonds is 6. The van der Waals surface area contributed by atoms with E-state index in [2.05, 4.69) is 20.9 Å². The molecule has 0 aliphatic heterocycles. The molecule has 126 valence electrons. The fraction of sp³-hybridized carbons (Fsp3) is 0.333. The molecule has 0 unspecified atom stereocenters. The number of ether oxygens (including phenoxy) is 2. The molecule has 1 aliphatic carbocycles. The van der Waals surface area contributed by atoms with Crippen LogP contribution in [-0.4, -0.2) is 36.1 Å². The van der Waals surface area contributed by atoms with Crippen molar-refractivity contribution in [2.75, 3.05) is 14.2 Å². The number of amides is 1. The number of aromatic nitrogens is 1. The first-order valence-corrected chi connectivity index (χ1v) is 8.54. The average Bonchev–Trinajstić information content (AvgIpc) is 3.43. The zero-order valence-electron chi connectivity index (χ0n) is 13.7. The van der Waals surface area contributed by atoms with Gasteiger partial charge in [0.05, 0.1) is 26.3 Å². The SMILES string of the molecule is COc1ccc(OC)c(CN(C(=O)c2cncc(Br)c2)C2CC2)c1. The highest BCUT2D eigenvalue weighted by molar-refractivity contribution is 9.10. The Hall–Kier alpha value is -2.08. The third-order valence-corrected chi connectivity index (χ3v) is 4.46. The maximum Gasteiger partial charge on any atom is 0.256 e. The zero-order valence-corrected chi connectivity index (χ0v) is 15.2. The van der Waals surface area contributed by atoms with Crippen LogP contribution >= 0.6 is 15.9 Å². The van der Waals surface area contributed by atoms with Crippen molar-refractivity contribution in [3.8, 4) is 11.5 Å². The summed E-state index contributed by atoms with van der Waals surface area (Å²) in [6.45, 7) is 0.483. The molecular formula is C18H19BrN2O3. The summed E-state index contributed by atoms with van der Waals surface area (Å²) in [5, 5.41) is 0. The van der Waals surface area contributed by atoms with Gasteiger partial charge in [-0.05, 0) is 53.0 Å². The second kappa shape index (κ2) is 7.21. The molecule has 0 atom stereocenters. The van der Waals surface area contributed by atoms with Crippen molar-refractivity contribution in [1.29, 1.82) is 0 Å². The Morgan fingerprint density at radius 2 is 2.04 bits per heavy atom. The first-order valence-electron chi connectivity index (χ1n) is 7.75. The molecule has 1 aromatic carbocycles. The van der Waals surface area contributed by atoms with Gasteiger partial charge in [0.1, 0.15) is 11.5 Å². The molecule has 0 bridgehead atoms. The van der Waals surface area contributed by atoms with Crippen LogP contribution in [0.2, 0.25) is 0 Å². The van der Waals surface area contributed by atoms with Gasteiger partial charge in [-0.3, -0.25) is 9.78 Å². The number of methoxy groups -OCH3 is 2. The van der Waals surface area contributed by atoms with E-state index < -0.39 is 0 Å². The van der Waals surface area contributed by atoms with E-state index in [0.29, 0.717) is 12.1 Å². The van der Waals surface area contributed by atoms with Crippen LogP contribution in [-0.2, 0) is 6.54 Å². The van der Waals surface area contributed by atoms with E-state index in [4.69, 9.17) is 9.47 Å². The molecule has 24 heavy (non-hydrogen) atoms. The van der Waals surface area contributed by atoms with E-state index in [1.165, 1.54) is 0 Å². The van der Waals surface area contributed by atoms with Crippen molar-refractivity contribution in [1.82, 2.24) is 9.88 Å². The first-order chi connectivity index (χ1) is 11.6. The number of pyridine rings is 1. The van der Waals surface area contributed by atoms with E-state index in [9.17, 15) is 4.79 Å². The Morgan fingerprint density at radius 1 is 1.25 bits per heavy atom. The molecule has 5 nitrogen and oxygen atoms in total. The van der Waals surface area contributed by atoms with Crippen LogP contribution in [0, 0.1) is 0 Å². The molecule has 1 aliphatic rings. The lowest BCUT2D eigenvalue weighted by molar-refractivity contribution is 0.0728. The Morgan fingerprint density at radius 3 is 2.67 bits per heavy atom. The minimum atomic E-state index is -0.0174. The molecule has 0 spiro atoms. The van der Waals surface area contributed by atoms with Crippen molar-refractivity contribution < 1.29 is 14.3 Å². The highest BCUT2D eigenvalue weighted by atomic mass is 79.9. The predicted molar refractivity (Wildman–Crippen MR) is 94.4 cm³/mol. The van der Waals surface area contributed by atoms with E-state index in [1.54, 1.807) is 32.7 Å². The molecule has 1 amide bonds. The van der Waals surface area contributed by atoms with Gasteiger partial charge in [-0.1, -0.05) is 0 Å². The number of hydrogen-bond acceptors (Lipinski definition) is 4. The molecule has 0 N–H and O–H groups in total. The van der Waals surface area contributed by atoms with Crippen LogP contribution in [0.15, 0.2) is 41.1 Å². The predicted octanol–water partition coefficient (Wildman–Crippen LogP) is 3.67. The van der Waals surface area contributed by atoms with E-state index in [0.717, 1.165) is 34.4 Å². The highest BCUT2D eigenvalue weighted by Gasteiger charge is 2.33. The van der Waals surface area contributed by atoms with Crippen molar-refractivity contribution >= 4 is 21.8 Å². The van der Waals surface area contributed by atoms with Gasteiger partial charge in [0, 0.05) is 28.5 Å². The second-order valence-electron chi connectivity index (χ2n) is 5.73. The molecular weight excluding hydrogens is 372 g/mol. The molecule has 6 heteroatoms. The maximum absolute atomic E-state index is 12.9. The summed E-state index contributed by atoms with van der Waals surface area (Å²) >= 11 is 3.37. The van der Waals surface area contributed by atoms with E-state index in [1.807, 2.05) is 23.1 Å². The Labute approximate surface area is 149 Å². The minimum Gasteiger partial charge on any atom is -0.497 e. The molecule has 3 rings (SSSR count). The standard InChI is InChI=1S/C18H19BrN2O3/c1-23-16-5-6-17(24-2)13(8-16)11-21(15-3-4-15)18(22)12-7-14(19)10-20-9-12/h5-10,15H,3-4,11H2,1-2H3. The van der Waals surface area contributed by atoms with Gasteiger partial charge >= 0.3 is 0 Å². The topological polar surface area (TPSA) is 51.7 Å². The van der Waals surface area contributed by atoms with Crippen molar-refractivity contribution in [3.05, 3.63) is 52.3 Å². The maximum atomic E-state index is 12.9. The highest BCUT2D eigenvalue weighted by Crippen LogP contribution is 2.33. The summed E-state index contributed by atoms with van der Waals surface area (Å²) in [5.74, 6) is 1.48. The first kappa shape index (κ1) is 16.8. The van der Waals surface area contributed by atoms with Crippen LogP contribution < -0.4 is 9.47 Å². The number of halogens is 1. The smallest absolute Gasteiger partial charge is 0.256 e. The lowest BCUT2D eigenvalue weighted by Gasteiger charge is -2.24. The Balaban J connectivity index is 1.88. The normalized spacial score (nSPS) is 13.5. The van der Waals surface area contributed by atoms with E-state index >= 15 is 0 Å². The van der Waals surface area contributed by atoms with Crippen molar-refractivity contribution in [2.24, 2.45) is 0 Å². The monoisotopic (exact) mass is 390 g/mol. The van der Waals surface area contributed by atoms with Crippen molar-refractivity contribution in [3.63, 3.8) is 0 Å². The molecule has 0 saturated heterocycles. The van der Waals surface area contributed by atoms with Crippen LogP contribution in [0.25, 0.3) is 0 Å². The Bertz CT molecular complexity index is 747. The fourth-order valence-electron chi connectivity index (χ4n) is 2.64. The van der Waals surface area contributed by atoms with Gasteiger partial charge in [-0.25, -0.2) is 0 Å². The minimum absolute atomic E-state index is 0.0174. The van der Waals surface area contributed by atoms with Gasteiger partial charge in [0.25, 0.3) is 5.91 Å². The van der Waals surface area contributed by atoms with E-state index in [-0.39, 0.29) is 11.9 Å². The largest absolute Gasteiger partial charge is 0.497 e. The molecule has 1 saturated carbocycles. The lowest BCUT2D eigenvalue weighted by atomic mass is 10.1. The lowest BCUT2D eigenvalue weighted by Crippen LogP contribution is -2.32. The third kappa shape index (κ3) is 3.70. The number of carbonyl (C=O) groups excluding carboxylic acids is 1. The Kier molecular flexibility index (Phi) is 5.04. The zero-order chi connectivity index (χ0) is 17.1. The molecule has 0 radical (unpaired) electrons. The number of hydrogen-bond donors (Lipinski definition) is 0. The quantitative estimate of drug-likeness (QED) is 0.754. The number of carbonyl (C=O) groups is 1. The summed E-state index contributed by atoms with van der Waals surface area (Å²) in [6, 6.07) is 7.70. The summed E-state index contributed by atoms with van der Waals surface area (Å²) in [6.07, 6.45) is 5.33. The van der Waals surface area contributed by atoms with Gasteiger partial charge in [0.15, 0.2) is 0 Å². The van der Waals surface area contributed by atoms with Crippen LogP contribution in [0.1, 0.15) is 28.8 Å². The summed E-state index contributed by atoms with van der Waals surface area (Å²) in [5.41, 5.74) is 1.51. The van der Waals surface area contributed by atoms with Gasteiger partial charge < -0.3 is 14.4 Å². The van der Waals surface area contributed by atoms with Crippen LogP contribution in [0.4, 0.5) is 0 Å². The average molecular weight is 391 g/mol. The van der Waals surface area contributed by atoms with Crippen LogP contribution in [0.5, 0.6) is 11.5 Å². The fourth-order valence-corrected chi connectivity index (χ4v) is 3.00. The van der Waals surface area contributed by atoms with Crippen molar-refractivity contribution in [2.45, 2.75) is 25.4 Å². The van der Waals surface area contributed by atoms with Gasteiger partial charge in [-0.2, -0.15) is 0 Å².